The normalized spacial score (nSPS) is 32.5. The van der Waals surface area contributed by atoms with Gasteiger partial charge < -0.3 is 65.0 Å². The van der Waals surface area contributed by atoms with Crippen LogP contribution >= 0.6 is 0 Å². The fourth-order valence-corrected chi connectivity index (χ4v) is 5.19. The summed E-state index contributed by atoms with van der Waals surface area (Å²) < 4.78 is 17.0. The summed E-state index contributed by atoms with van der Waals surface area (Å²) >= 11 is 0. The van der Waals surface area contributed by atoms with Gasteiger partial charge in [0.05, 0.1) is 24.3 Å². The molecule has 2 aromatic carbocycles. The van der Waals surface area contributed by atoms with Crippen molar-refractivity contribution in [1.82, 2.24) is 0 Å². The first-order valence-corrected chi connectivity index (χ1v) is 12.3. The topological polar surface area (TPSA) is 251 Å². The maximum Gasteiger partial charge on any atom is 0.197 e. The van der Waals surface area contributed by atoms with E-state index >= 15 is 0 Å². The van der Waals surface area contributed by atoms with Crippen LogP contribution in [0.15, 0.2) is 39.5 Å². The average Bonchev–Trinajstić information content (AvgIpc) is 3.21. The van der Waals surface area contributed by atoms with Crippen molar-refractivity contribution in [3.63, 3.8) is 0 Å². The van der Waals surface area contributed by atoms with Crippen molar-refractivity contribution in [2.45, 2.75) is 54.9 Å². The Morgan fingerprint density at radius 2 is 1.20 bits per heavy atom. The lowest BCUT2D eigenvalue weighted by Gasteiger charge is -2.40. The molecule has 14 nitrogen and oxygen atoms in total. The molecule has 2 fully saturated rings. The predicted octanol–water partition coefficient (Wildman–Crippen LogP) is -1.75. The monoisotopic (exact) mass is 564 g/mol. The van der Waals surface area contributed by atoms with E-state index in [4.69, 9.17) is 13.9 Å². The number of phenolic OH excluding ortho intramolecular Hbond substituents is 3. The molecule has 2 aliphatic rings. The molecule has 14 heteroatoms. The van der Waals surface area contributed by atoms with Gasteiger partial charge in [-0.2, -0.15) is 0 Å². The second-order valence-corrected chi connectivity index (χ2v) is 9.76. The van der Waals surface area contributed by atoms with Crippen LogP contribution in [0.3, 0.4) is 0 Å². The molecule has 0 aliphatic carbocycles. The van der Waals surface area contributed by atoms with Crippen LogP contribution in [0.2, 0.25) is 0 Å². The fourth-order valence-electron chi connectivity index (χ4n) is 5.19. The number of ether oxygens (including phenoxy) is 2. The molecule has 2 saturated heterocycles. The molecular formula is C26H28O14. The van der Waals surface area contributed by atoms with Gasteiger partial charge in [-0.3, -0.25) is 4.79 Å². The van der Waals surface area contributed by atoms with E-state index in [2.05, 4.69) is 0 Å². The maximum absolute atomic E-state index is 13.4. The number of benzene rings is 2. The van der Waals surface area contributed by atoms with Crippen molar-refractivity contribution in [2.75, 3.05) is 13.2 Å². The Bertz CT molecular complexity index is 1450. The maximum atomic E-state index is 13.4. The van der Waals surface area contributed by atoms with Crippen LogP contribution in [0.25, 0.3) is 22.3 Å². The van der Waals surface area contributed by atoms with E-state index in [-0.39, 0.29) is 11.5 Å². The van der Waals surface area contributed by atoms with Gasteiger partial charge in [-0.05, 0) is 24.3 Å². The van der Waals surface area contributed by atoms with E-state index in [1.165, 1.54) is 24.3 Å². The van der Waals surface area contributed by atoms with Crippen molar-refractivity contribution >= 4 is 11.0 Å². The average molecular weight is 564 g/mol. The van der Waals surface area contributed by atoms with Crippen LogP contribution in [-0.2, 0) is 9.47 Å². The summed E-state index contributed by atoms with van der Waals surface area (Å²) in [4.78, 5) is 13.4. The third-order valence-corrected chi connectivity index (χ3v) is 7.35. The zero-order valence-corrected chi connectivity index (χ0v) is 20.6. The highest BCUT2D eigenvalue weighted by molar-refractivity contribution is 5.92. The third-order valence-electron chi connectivity index (χ3n) is 7.35. The molecule has 0 amide bonds. The number of hydrogen-bond acceptors (Lipinski definition) is 14. The quantitative estimate of drug-likeness (QED) is 0.165. The zero-order valence-electron chi connectivity index (χ0n) is 20.6. The molecule has 2 aliphatic heterocycles. The molecule has 0 bridgehead atoms. The van der Waals surface area contributed by atoms with Gasteiger partial charge in [-0.15, -0.1) is 0 Å². The van der Waals surface area contributed by atoms with E-state index in [9.17, 15) is 55.9 Å². The molecular weight excluding hydrogens is 536 g/mol. The van der Waals surface area contributed by atoms with Gasteiger partial charge in [0.15, 0.2) is 11.0 Å². The number of rotatable bonds is 5. The van der Waals surface area contributed by atoms with E-state index < -0.39 is 107 Å². The number of aromatic hydroxyl groups is 3. The molecule has 0 spiro atoms. The first-order chi connectivity index (χ1) is 19.0. The number of phenols is 3. The third kappa shape index (κ3) is 4.39. The van der Waals surface area contributed by atoms with Crippen molar-refractivity contribution in [3.8, 4) is 28.6 Å². The van der Waals surface area contributed by atoms with E-state index in [1.807, 2.05) is 0 Å². The number of fused-ring (bicyclic) bond motifs is 1. The van der Waals surface area contributed by atoms with Crippen LogP contribution in [-0.4, -0.2) is 107 Å². The number of aliphatic hydroxyl groups excluding tert-OH is 7. The molecule has 40 heavy (non-hydrogen) atoms. The summed E-state index contributed by atoms with van der Waals surface area (Å²) in [5.74, 6) is -1.99. The summed E-state index contributed by atoms with van der Waals surface area (Å²) in [5.41, 5.74) is -2.18. The molecule has 0 unspecified atom stereocenters. The number of aliphatic hydroxyl groups is 7. The Hall–Kier alpha value is -3.31. The van der Waals surface area contributed by atoms with Gasteiger partial charge in [-0.25, -0.2) is 0 Å². The summed E-state index contributed by atoms with van der Waals surface area (Å²) in [6.45, 7) is -1.55. The first-order valence-electron chi connectivity index (χ1n) is 12.3. The fraction of sp³-hybridized carbons (Fsp3) is 0.423. The lowest BCUT2D eigenvalue weighted by atomic mass is 9.87. The van der Waals surface area contributed by atoms with Gasteiger partial charge in [0.25, 0.3) is 0 Å². The number of hydrogen-bond donors (Lipinski definition) is 10. The van der Waals surface area contributed by atoms with Gasteiger partial charge in [0.1, 0.15) is 83.3 Å². The first kappa shape index (κ1) is 28.2. The molecule has 216 valence electrons. The second kappa shape index (κ2) is 10.6. The molecule has 0 saturated carbocycles. The Morgan fingerprint density at radius 1 is 0.675 bits per heavy atom. The Kier molecular flexibility index (Phi) is 7.47. The van der Waals surface area contributed by atoms with Crippen LogP contribution in [0.5, 0.6) is 17.2 Å². The van der Waals surface area contributed by atoms with Crippen LogP contribution < -0.4 is 5.43 Å². The predicted molar refractivity (Wildman–Crippen MR) is 132 cm³/mol. The van der Waals surface area contributed by atoms with Crippen molar-refractivity contribution in [3.05, 3.63) is 51.7 Å². The summed E-state index contributed by atoms with van der Waals surface area (Å²) in [7, 11) is 0. The molecule has 0 radical (unpaired) electrons. The molecule has 5 rings (SSSR count). The van der Waals surface area contributed by atoms with Gasteiger partial charge in [0, 0.05) is 11.6 Å². The Labute approximate surface area is 224 Å². The second-order valence-electron chi connectivity index (χ2n) is 9.76. The molecule has 3 aromatic rings. The lowest BCUT2D eigenvalue weighted by molar-refractivity contribution is -0.231. The van der Waals surface area contributed by atoms with Crippen molar-refractivity contribution in [2.24, 2.45) is 0 Å². The summed E-state index contributed by atoms with van der Waals surface area (Å²) in [6.07, 6.45) is -15.3. The molecule has 9 atom stereocenters. The minimum atomic E-state index is -1.96. The van der Waals surface area contributed by atoms with Crippen LogP contribution in [0, 0.1) is 0 Å². The Morgan fingerprint density at radius 3 is 1.75 bits per heavy atom. The SMILES string of the molecule is O=c1cc(-c2ccc(O)cc2)oc2c([C@@H]3O[C@H](CO)[C@@H](O)[C@H](O)[C@H]3O)c(O)c([C@@H]3O[C@H](CO)[C@@H](O)[C@@H]3O)c(O)c12. The minimum absolute atomic E-state index is 0.0766. The molecule has 3 heterocycles. The van der Waals surface area contributed by atoms with Gasteiger partial charge in [-0.1, -0.05) is 0 Å². The van der Waals surface area contributed by atoms with Gasteiger partial charge >= 0.3 is 0 Å². The van der Waals surface area contributed by atoms with E-state index in [0.29, 0.717) is 5.56 Å². The van der Waals surface area contributed by atoms with E-state index in [0.717, 1.165) is 6.07 Å². The smallest absolute Gasteiger partial charge is 0.197 e. The minimum Gasteiger partial charge on any atom is -0.508 e. The highest BCUT2D eigenvalue weighted by Gasteiger charge is 2.49. The highest BCUT2D eigenvalue weighted by Crippen LogP contribution is 2.51. The van der Waals surface area contributed by atoms with Crippen molar-refractivity contribution in [1.29, 1.82) is 0 Å². The molecule has 1 aromatic heterocycles. The summed E-state index contributed by atoms with van der Waals surface area (Å²) in [5, 5.41) is 103. The van der Waals surface area contributed by atoms with Gasteiger partial charge in [0.2, 0.25) is 0 Å². The van der Waals surface area contributed by atoms with E-state index in [1.54, 1.807) is 0 Å². The van der Waals surface area contributed by atoms with Crippen LogP contribution in [0.4, 0.5) is 0 Å². The largest absolute Gasteiger partial charge is 0.508 e. The van der Waals surface area contributed by atoms with Crippen molar-refractivity contribution < 1.29 is 65.0 Å². The lowest BCUT2D eigenvalue weighted by Crippen LogP contribution is -2.55. The molecule has 10 N–H and O–H groups in total. The Balaban J connectivity index is 1.81. The van der Waals surface area contributed by atoms with Crippen LogP contribution in [0.1, 0.15) is 23.3 Å². The standard InChI is InChI=1S/C26H28O14/c27-6-12-17(31)21(35)23(37)26(40-12)16-20(34)15(25-22(36)18(32)13(7-28)39-25)19(33)14-10(30)5-11(38-24(14)16)8-1-3-9(29)4-2-8/h1-5,12-13,17-18,21-23,25-29,31-37H,6-7H2/t12-,13-,17-,18-,21+,22+,23-,25+,26+/m1/s1. The highest BCUT2D eigenvalue weighted by atomic mass is 16.6. The zero-order chi connectivity index (χ0) is 29.0. The summed E-state index contributed by atoms with van der Waals surface area (Å²) in [6, 6.07) is 6.47.